The zero-order valence-electron chi connectivity index (χ0n) is 84.0. The molecule has 0 bridgehead atoms. The van der Waals surface area contributed by atoms with Gasteiger partial charge in [-0.1, -0.05) is 202 Å². The summed E-state index contributed by atoms with van der Waals surface area (Å²) in [6.45, 7) is 38.8. The lowest BCUT2D eigenvalue weighted by Crippen LogP contribution is -2.27. The Kier molecular flexibility index (Phi) is 27.4. The number of methoxy groups -OCH3 is 1. The van der Waals surface area contributed by atoms with Crippen LogP contribution in [0.5, 0.6) is 5.75 Å². The van der Waals surface area contributed by atoms with Gasteiger partial charge in [0.15, 0.2) is 0 Å². The molecule has 21 aromatic rings. The molecule has 5 N–H and O–H groups in total. The Morgan fingerprint density at radius 3 is 0.838 bits per heavy atom. The van der Waals surface area contributed by atoms with Crippen LogP contribution in [0.1, 0.15) is 152 Å². The molecule has 1 aliphatic rings. The van der Waals surface area contributed by atoms with Crippen LogP contribution in [-0.2, 0) is 0 Å². The highest BCUT2D eigenvalue weighted by Gasteiger charge is 2.28. The van der Waals surface area contributed by atoms with Crippen LogP contribution in [0.2, 0.25) is 5.02 Å². The van der Waals surface area contributed by atoms with E-state index in [1.807, 2.05) is 195 Å². The van der Waals surface area contributed by atoms with Crippen molar-refractivity contribution in [3.05, 3.63) is 324 Å². The fraction of sp³-hybridized carbons (Fsp3) is 0.252. The highest BCUT2D eigenvalue weighted by molar-refractivity contribution is 6.30. The number of halogens is 1. The molecule has 0 aliphatic heterocycles. The highest BCUT2D eigenvalue weighted by Crippen LogP contribution is 2.43. The maximum Gasteiger partial charge on any atom is 0.143 e. The quantitative estimate of drug-likeness (QED) is 0.0533. The molecular formula is C115H119ClN20O6. The average Bonchev–Trinajstić information content (AvgIpc) is 1.63. The standard InChI is InChI=1S/C25H22N4O2.C24H26N4O.C22H23ClN4O.2C22H24N4O/c1-16-23(17(2)31-28-16)18-7-9-19(10-8-18)24-25(29-15-5-4-6-22(29)27-24)26-20-11-13-21(30-3)14-12-20;1-16-22(17(2)29-27-16)18-11-13-19(14-12-18)23-24(25-20-8-4-3-5-9-20)28-15-7-6-10-21(28)26-23;1-13-19(14(2)28-26-13)15-6-8-16(9-7-15)20-21(25-22(3,4)5)27-12-17(23)10-11-18(27)24-20;2*1-14-19(15(2)27-25-14)16-9-11-17(12-10-16)20-21(24-22(3,4)5)26-13-7-6-8-18(26)23-20/h4-15,26H,1-3H3;6-7,10-15,20,25H,3-5,8-9H2,1-2H3;6-12,25H,1-5H3;2*6-13,24H,1-5H3. The number of aryl methyl sites for hydroxylation is 10. The molecule has 1 saturated carbocycles. The fourth-order valence-electron chi connectivity index (χ4n) is 18.4. The smallest absolute Gasteiger partial charge is 0.143 e. The first-order valence-electron chi connectivity index (χ1n) is 48.0. The molecule has 0 saturated heterocycles. The predicted molar refractivity (Wildman–Crippen MR) is 570 cm³/mol. The number of fused-ring (bicyclic) bond motifs is 5. The van der Waals surface area contributed by atoms with E-state index in [9.17, 15) is 0 Å². The molecule has 6 aromatic carbocycles. The van der Waals surface area contributed by atoms with Gasteiger partial charge in [0.2, 0.25) is 0 Å². The van der Waals surface area contributed by atoms with Crippen LogP contribution in [0.3, 0.4) is 0 Å². The second-order valence-corrected chi connectivity index (χ2v) is 39.6. The summed E-state index contributed by atoms with van der Waals surface area (Å²) in [4.78, 5) is 24.4. The topological polar surface area (TPSA) is 286 Å². The molecule has 26 nitrogen and oxygen atoms in total. The summed E-state index contributed by atoms with van der Waals surface area (Å²) in [5.74, 6) is 9.92. The first-order valence-corrected chi connectivity index (χ1v) is 48.4. The Labute approximate surface area is 831 Å². The summed E-state index contributed by atoms with van der Waals surface area (Å²) in [5.41, 5.74) is 30.5. The van der Waals surface area contributed by atoms with Gasteiger partial charge in [0.05, 0.1) is 40.6 Å². The average molecular weight is 1910 g/mol. The van der Waals surface area contributed by atoms with Crippen molar-refractivity contribution in [2.75, 3.05) is 33.7 Å². The van der Waals surface area contributed by atoms with Gasteiger partial charge >= 0.3 is 0 Å². The molecule has 27 heteroatoms. The van der Waals surface area contributed by atoms with Gasteiger partial charge < -0.3 is 53.9 Å². The van der Waals surface area contributed by atoms with E-state index < -0.39 is 0 Å². The lowest BCUT2D eigenvalue weighted by Gasteiger charge is -2.24. The molecule has 0 radical (unpaired) electrons. The van der Waals surface area contributed by atoms with Gasteiger partial charge in [-0.15, -0.1) is 0 Å². The van der Waals surface area contributed by atoms with Gasteiger partial charge in [-0.05, 0) is 257 Å². The van der Waals surface area contributed by atoms with E-state index in [0.29, 0.717) is 11.1 Å². The number of imidazole rings is 5. The summed E-state index contributed by atoms with van der Waals surface area (Å²) >= 11 is 6.23. The van der Waals surface area contributed by atoms with Gasteiger partial charge in [-0.3, -0.25) is 22.0 Å². The van der Waals surface area contributed by atoms with Gasteiger partial charge in [-0.2, -0.15) is 0 Å². The van der Waals surface area contributed by atoms with E-state index in [2.05, 4.69) is 272 Å². The van der Waals surface area contributed by atoms with Gasteiger partial charge in [0.1, 0.15) is 120 Å². The molecule has 1 fully saturated rings. The zero-order chi connectivity index (χ0) is 99.6. The first-order chi connectivity index (χ1) is 68.2. The maximum atomic E-state index is 6.23. The maximum absolute atomic E-state index is 6.23. The number of ether oxygens (including phenoxy) is 1. The van der Waals surface area contributed by atoms with Crippen molar-refractivity contribution in [2.24, 2.45) is 0 Å². The summed E-state index contributed by atoms with van der Waals surface area (Å²) in [6, 6.07) is 78.5. The van der Waals surface area contributed by atoms with E-state index in [0.717, 1.165) is 238 Å². The van der Waals surface area contributed by atoms with Crippen LogP contribution in [0.15, 0.2) is 284 Å². The van der Waals surface area contributed by atoms with Crippen LogP contribution in [0.4, 0.5) is 34.8 Å². The van der Waals surface area contributed by atoms with Gasteiger partial charge in [0.25, 0.3) is 0 Å². The first kappa shape index (κ1) is 96.2. The third-order valence-corrected chi connectivity index (χ3v) is 25.1. The van der Waals surface area contributed by atoms with Crippen molar-refractivity contribution in [3.63, 3.8) is 0 Å². The number of hydrogen-bond acceptors (Lipinski definition) is 21. The zero-order valence-corrected chi connectivity index (χ0v) is 84.7. The largest absolute Gasteiger partial charge is 0.497 e. The lowest BCUT2D eigenvalue weighted by molar-refractivity contribution is 0.393. The van der Waals surface area contributed by atoms with Gasteiger partial charge in [-0.25, -0.2) is 24.9 Å². The molecule has 22 rings (SSSR count). The minimum Gasteiger partial charge on any atom is -0.497 e. The van der Waals surface area contributed by atoms with Crippen molar-refractivity contribution in [1.82, 2.24) is 72.7 Å². The Hall–Kier alpha value is -16.1. The molecule has 0 atom stereocenters. The normalized spacial score (nSPS) is 12.4. The van der Waals surface area contributed by atoms with E-state index in [4.69, 9.17) is 63.9 Å². The summed E-state index contributed by atoms with van der Waals surface area (Å²) in [6.07, 6.45) is 16.5. The van der Waals surface area contributed by atoms with E-state index in [1.54, 1.807) is 7.11 Å². The van der Waals surface area contributed by atoms with Crippen molar-refractivity contribution < 1.29 is 27.4 Å². The number of nitrogens with zero attached hydrogens (tertiary/aromatic N) is 15. The number of anilines is 6. The van der Waals surface area contributed by atoms with Crippen molar-refractivity contribution in [1.29, 1.82) is 0 Å². The van der Waals surface area contributed by atoms with Crippen LogP contribution < -0.4 is 31.3 Å². The van der Waals surface area contributed by atoms with Gasteiger partial charge in [0, 0.05) is 115 Å². The Bertz CT molecular complexity index is 7740. The molecule has 0 unspecified atom stereocenters. The van der Waals surface area contributed by atoms with Crippen LogP contribution in [0.25, 0.3) is 140 Å². The number of benzene rings is 6. The monoisotopic (exact) mass is 1910 g/mol. The number of hydrogen-bond donors (Lipinski definition) is 5. The molecular weight excluding hydrogens is 1790 g/mol. The third-order valence-electron chi connectivity index (χ3n) is 24.9. The molecule has 722 valence electrons. The van der Waals surface area contributed by atoms with Crippen molar-refractivity contribution >= 4 is 74.6 Å². The van der Waals surface area contributed by atoms with Crippen molar-refractivity contribution in [2.45, 2.75) is 186 Å². The number of rotatable bonds is 18. The Balaban J connectivity index is 0.000000117. The lowest BCUT2D eigenvalue weighted by atomic mass is 9.95. The third kappa shape index (κ3) is 21.0. The van der Waals surface area contributed by atoms with E-state index >= 15 is 0 Å². The second-order valence-electron chi connectivity index (χ2n) is 39.2. The SMILES string of the molecule is COc1ccc(Nc2c(-c3ccc(-c4c(C)noc4C)cc3)nc3ccccn23)cc1.Cc1noc(C)c1-c1ccc(-c2nc3ccc(Cl)cn3c2NC(C)(C)C)cc1.Cc1noc(C)c1-c1ccc(-c2nc3ccccn3c2NC(C)(C)C)cc1.Cc1noc(C)c1-c1ccc(-c2nc3ccccn3c2NC(C)(C)C)cc1.Cc1noc(C)c1-c1ccc(-c2nc3ccccn3c2NC2CCCCC2)cc1. The second kappa shape index (κ2) is 40.4. The summed E-state index contributed by atoms with van der Waals surface area (Å²) < 4.78 is 42.3. The van der Waals surface area contributed by atoms with Crippen LogP contribution >= 0.6 is 11.6 Å². The summed E-state index contributed by atoms with van der Waals surface area (Å²) in [7, 11) is 1.66. The Morgan fingerprint density at radius 2 is 0.556 bits per heavy atom. The molecule has 1 aliphatic carbocycles. The molecule has 15 heterocycles. The molecule has 15 aromatic heterocycles. The Morgan fingerprint density at radius 1 is 0.296 bits per heavy atom. The van der Waals surface area contributed by atoms with E-state index in [1.165, 1.54) is 32.1 Å². The number of pyridine rings is 5. The minimum atomic E-state index is -0.121. The van der Waals surface area contributed by atoms with Crippen molar-refractivity contribution in [3.8, 4) is 118 Å². The number of nitrogens with one attached hydrogen (secondary N) is 5. The molecule has 0 spiro atoms. The fourth-order valence-corrected chi connectivity index (χ4v) is 18.6. The van der Waals surface area contributed by atoms with Crippen LogP contribution in [0, 0.1) is 69.2 Å². The molecule has 0 amide bonds. The number of aromatic nitrogens is 15. The molecule has 142 heavy (non-hydrogen) atoms. The van der Waals surface area contributed by atoms with E-state index in [-0.39, 0.29) is 16.6 Å². The predicted octanol–water partition coefficient (Wildman–Crippen LogP) is 29.1. The highest BCUT2D eigenvalue weighted by atomic mass is 35.5. The van der Waals surface area contributed by atoms with Crippen LogP contribution in [-0.4, -0.2) is 102 Å². The minimum absolute atomic E-state index is 0.0722. The summed E-state index contributed by atoms with van der Waals surface area (Å²) in [5, 5.41) is 39.1.